The van der Waals surface area contributed by atoms with Gasteiger partial charge in [0.2, 0.25) is 0 Å². The summed E-state index contributed by atoms with van der Waals surface area (Å²) in [6, 6.07) is 4.02. The molecule has 1 heterocycles. The Balaban J connectivity index is 2.06. The fraction of sp³-hybridized carbons (Fsp3) is 0.800. The quantitative estimate of drug-likeness (QED) is 0.248. The molecule has 0 amide bonds. The Labute approximate surface area is 183 Å². The van der Waals surface area contributed by atoms with Crippen molar-refractivity contribution in [1.82, 2.24) is 4.98 Å². The van der Waals surface area contributed by atoms with Crippen molar-refractivity contribution in [3.63, 3.8) is 0 Å². The Hall–Kier alpha value is -0.410. The normalized spacial score (nSPS) is 12.5. The van der Waals surface area contributed by atoms with Gasteiger partial charge in [-0.05, 0) is 64.1 Å². The van der Waals surface area contributed by atoms with Gasteiger partial charge >= 0.3 is 0 Å². The zero-order valence-electron chi connectivity index (χ0n) is 19.3. The molecule has 0 radical (unpaired) electrons. The molecule has 0 N–H and O–H groups in total. The van der Waals surface area contributed by atoms with Crippen molar-refractivity contribution in [3.8, 4) is 0 Å². The average molecular weight is 455 g/mol. The minimum Gasteiger partial charge on any atom is -0.375 e. The fourth-order valence-corrected chi connectivity index (χ4v) is 5.29. The largest absolute Gasteiger partial charge is 0.375 e. The first-order valence-electron chi connectivity index (χ1n) is 11.5. The van der Waals surface area contributed by atoms with E-state index in [1.807, 2.05) is 18.3 Å². The van der Waals surface area contributed by atoms with Gasteiger partial charge in [-0.3, -0.25) is 4.98 Å². The van der Waals surface area contributed by atoms with Crippen molar-refractivity contribution in [2.75, 3.05) is 6.61 Å². The maximum atomic E-state index is 5.73. The van der Waals surface area contributed by atoms with E-state index in [0.29, 0.717) is 12.0 Å². The second-order valence-corrected chi connectivity index (χ2v) is 10.2. The summed E-state index contributed by atoms with van der Waals surface area (Å²) in [6.07, 6.45) is 12.5. The Morgan fingerprint density at radius 1 is 0.821 bits per heavy atom. The Bertz CT molecular complexity index is 488. The van der Waals surface area contributed by atoms with Gasteiger partial charge in [0, 0.05) is 17.3 Å². The summed E-state index contributed by atoms with van der Waals surface area (Å²) < 4.78 is 6.74. The summed E-state index contributed by atoms with van der Waals surface area (Å²) in [6.45, 7) is 16.0. The summed E-state index contributed by atoms with van der Waals surface area (Å²) in [7, 11) is 0. The van der Waals surface area contributed by atoms with Gasteiger partial charge in [-0.15, -0.1) is 0 Å². The summed E-state index contributed by atoms with van der Waals surface area (Å²) >= 11 is 3.40. The van der Waals surface area contributed by atoms with Gasteiger partial charge in [0.15, 0.2) is 0 Å². The number of aromatic nitrogens is 1. The van der Waals surface area contributed by atoms with E-state index >= 15 is 0 Å². The molecule has 1 aromatic heterocycles. The van der Waals surface area contributed by atoms with Crippen LogP contribution in [0.2, 0.25) is 0 Å². The number of unbranched alkanes of at least 4 members (excludes halogenated alkanes) is 6. The van der Waals surface area contributed by atoms with Crippen LogP contribution >= 0.6 is 15.9 Å². The van der Waals surface area contributed by atoms with Crippen molar-refractivity contribution in [3.05, 3.63) is 28.5 Å². The highest BCUT2D eigenvalue weighted by atomic mass is 79.9. The molecule has 28 heavy (non-hydrogen) atoms. The number of hydrogen-bond acceptors (Lipinski definition) is 2. The van der Waals surface area contributed by atoms with Crippen LogP contribution < -0.4 is 0 Å². The topological polar surface area (TPSA) is 22.1 Å². The first-order chi connectivity index (χ1) is 13.3. The molecule has 0 aliphatic carbocycles. The highest BCUT2D eigenvalue weighted by Crippen LogP contribution is 2.47. The Morgan fingerprint density at radius 3 is 1.86 bits per heavy atom. The fourth-order valence-electron chi connectivity index (χ4n) is 5.05. The SMILES string of the molecule is CC(C)C(CCCCCCCCCOCc1ccc(Br)cn1)(C(C)C)C(C)C. The number of rotatable bonds is 15. The van der Waals surface area contributed by atoms with Gasteiger partial charge < -0.3 is 4.74 Å². The predicted octanol–water partition coefficient (Wildman–Crippen LogP) is 8.44. The molecule has 0 aliphatic rings. The predicted molar refractivity (Wildman–Crippen MR) is 125 cm³/mol. The van der Waals surface area contributed by atoms with E-state index in [4.69, 9.17) is 4.74 Å². The van der Waals surface area contributed by atoms with Crippen LogP contribution in [0.1, 0.15) is 98.6 Å². The molecule has 0 aliphatic heterocycles. The lowest BCUT2D eigenvalue weighted by atomic mass is 9.60. The lowest BCUT2D eigenvalue weighted by molar-refractivity contribution is 0.0356. The van der Waals surface area contributed by atoms with Gasteiger partial charge in [0.25, 0.3) is 0 Å². The van der Waals surface area contributed by atoms with E-state index in [1.165, 1.54) is 44.9 Å². The maximum Gasteiger partial charge on any atom is 0.0887 e. The van der Waals surface area contributed by atoms with Crippen molar-refractivity contribution in [2.45, 2.75) is 99.5 Å². The lowest BCUT2D eigenvalue weighted by Crippen LogP contribution is -2.38. The third-order valence-corrected chi connectivity index (χ3v) is 7.13. The Kier molecular flexibility index (Phi) is 12.6. The molecule has 0 unspecified atom stereocenters. The molecule has 3 heteroatoms. The monoisotopic (exact) mass is 453 g/mol. The second-order valence-electron chi connectivity index (χ2n) is 9.32. The van der Waals surface area contributed by atoms with E-state index in [0.717, 1.165) is 40.9 Å². The maximum absolute atomic E-state index is 5.73. The van der Waals surface area contributed by atoms with Crippen molar-refractivity contribution in [2.24, 2.45) is 23.2 Å². The van der Waals surface area contributed by atoms with Gasteiger partial charge in [0.1, 0.15) is 0 Å². The van der Waals surface area contributed by atoms with Crippen molar-refractivity contribution in [1.29, 1.82) is 0 Å². The molecule has 0 saturated carbocycles. The second kappa shape index (κ2) is 13.7. The molecule has 0 spiro atoms. The highest BCUT2D eigenvalue weighted by molar-refractivity contribution is 9.10. The van der Waals surface area contributed by atoms with E-state index < -0.39 is 0 Å². The summed E-state index contributed by atoms with van der Waals surface area (Å²) in [5, 5.41) is 0. The molecular formula is C25H44BrNO. The summed E-state index contributed by atoms with van der Waals surface area (Å²) in [5.74, 6) is 2.29. The van der Waals surface area contributed by atoms with Crippen LogP contribution in [0, 0.1) is 23.2 Å². The van der Waals surface area contributed by atoms with Gasteiger partial charge in [-0.25, -0.2) is 0 Å². The van der Waals surface area contributed by atoms with Gasteiger partial charge in [-0.1, -0.05) is 80.1 Å². The van der Waals surface area contributed by atoms with Crippen LogP contribution in [-0.2, 0) is 11.3 Å². The van der Waals surface area contributed by atoms with Gasteiger partial charge in [0.05, 0.1) is 12.3 Å². The van der Waals surface area contributed by atoms with E-state index in [1.54, 1.807) is 0 Å². The van der Waals surface area contributed by atoms with Crippen LogP contribution in [0.5, 0.6) is 0 Å². The summed E-state index contributed by atoms with van der Waals surface area (Å²) in [5.41, 5.74) is 1.50. The molecule has 162 valence electrons. The average Bonchev–Trinajstić information content (AvgIpc) is 2.63. The first kappa shape index (κ1) is 25.6. The molecule has 0 saturated heterocycles. The molecule has 0 atom stereocenters. The molecule has 2 nitrogen and oxygen atoms in total. The molecule has 0 fully saturated rings. The van der Waals surface area contributed by atoms with Crippen molar-refractivity contribution >= 4 is 15.9 Å². The van der Waals surface area contributed by atoms with Crippen LogP contribution in [0.15, 0.2) is 22.8 Å². The van der Waals surface area contributed by atoms with Gasteiger partial charge in [-0.2, -0.15) is 0 Å². The van der Waals surface area contributed by atoms with E-state index in [2.05, 4.69) is 62.5 Å². The molecule has 0 aromatic carbocycles. The third kappa shape index (κ3) is 8.53. The Morgan fingerprint density at radius 2 is 1.36 bits per heavy atom. The standard InChI is InChI=1S/C25H44BrNO/c1-20(2)25(21(3)4,22(5)6)16-12-10-8-7-9-11-13-17-28-19-24-15-14-23(26)18-27-24/h14-15,18,20-22H,7-13,16-17,19H2,1-6H3. The number of pyridine rings is 1. The van der Waals surface area contributed by atoms with Crippen LogP contribution in [-0.4, -0.2) is 11.6 Å². The first-order valence-corrected chi connectivity index (χ1v) is 12.3. The summed E-state index contributed by atoms with van der Waals surface area (Å²) in [4.78, 5) is 4.33. The molecule has 1 aromatic rings. The van der Waals surface area contributed by atoms with E-state index in [-0.39, 0.29) is 0 Å². The zero-order chi connectivity index (χ0) is 21.0. The molecular weight excluding hydrogens is 410 g/mol. The minimum atomic E-state index is 0.501. The van der Waals surface area contributed by atoms with E-state index in [9.17, 15) is 0 Å². The van der Waals surface area contributed by atoms with Crippen molar-refractivity contribution < 1.29 is 4.74 Å². The number of ether oxygens (including phenoxy) is 1. The molecule has 0 bridgehead atoms. The minimum absolute atomic E-state index is 0.501. The number of nitrogens with zero attached hydrogens (tertiary/aromatic N) is 1. The molecule has 1 rings (SSSR count). The number of halogens is 1. The van der Waals surface area contributed by atoms with Crippen LogP contribution in [0.3, 0.4) is 0 Å². The number of hydrogen-bond donors (Lipinski definition) is 0. The third-order valence-electron chi connectivity index (χ3n) is 6.66. The van der Waals surface area contributed by atoms with Crippen LogP contribution in [0.4, 0.5) is 0 Å². The smallest absolute Gasteiger partial charge is 0.0887 e. The van der Waals surface area contributed by atoms with Crippen LogP contribution in [0.25, 0.3) is 0 Å². The lowest BCUT2D eigenvalue weighted by Gasteiger charge is -2.45. The zero-order valence-corrected chi connectivity index (χ0v) is 20.9. The highest BCUT2D eigenvalue weighted by Gasteiger charge is 2.39.